The highest BCUT2D eigenvalue weighted by Crippen LogP contribution is 2.27. The van der Waals surface area contributed by atoms with Crippen LogP contribution < -0.4 is 10.6 Å². The van der Waals surface area contributed by atoms with Crippen molar-refractivity contribution in [1.29, 1.82) is 0 Å². The maximum Gasteiger partial charge on any atom is 0.135 e. The Morgan fingerprint density at radius 2 is 1.88 bits per heavy atom. The molecule has 96 valence electrons. The largest absolute Gasteiger partial charge is 0.373 e. The van der Waals surface area contributed by atoms with Gasteiger partial charge in [-0.2, -0.15) is 0 Å². The lowest BCUT2D eigenvalue weighted by atomic mass is 10.0. The predicted octanol–water partition coefficient (Wildman–Crippen LogP) is 1.62. The molecule has 0 bridgehead atoms. The predicted molar refractivity (Wildman–Crippen MR) is 72.7 cm³/mol. The van der Waals surface area contributed by atoms with Crippen LogP contribution in [0.2, 0.25) is 0 Å². The highest BCUT2D eigenvalue weighted by molar-refractivity contribution is 5.58. The van der Waals surface area contributed by atoms with E-state index in [1.54, 1.807) is 6.33 Å². The lowest BCUT2D eigenvalue weighted by molar-refractivity contribution is 0.425. The first-order valence-electron chi connectivity index (χ1n) is 5.97. The Kier molecular flexibility index (Phi) is 5.15. The van der Waals surface area contributed by atoms with Crippen LogP contribution in [-0.4, -0.2) is 49.1 Å². The highest BCUT2D eigenvalue weighted by atomic mass is 15.1. The zero-order chi connectivity index (χ0) is 12.8. The summed E-state index contributed by atoms with van der Waals surface area (Å²) in [5, 5.41) is 6.48. The molecule has 0 spiro atoms. The summed E-state index contributed by atoms with van der Waals surface area (Å²) in [6.07, 6.45) is 1.59. The van der Waals surface area contributed by atoms with Gasteiger partial charge in [-0.25, -0.2) is 9.97 Å². The first-order valence-corrected chi connectivity index (χ1v) is 5.97. The van der Waals surface area contributed by atoms with E-state index < -0.39 is 0 Å². The molecule has 0 amide bonds. The average Bonchev–Trinajstić information content (AvgIpc) is 2.27. The smallest absolute Gasteiger partial charge is 0.135 e. The van der Waals surface area contributed by atoms with Crippen LogP contribution in [0.25, 0.3) is 0 Å². The molecule has 0 aliphatic carbocycles. The van der Waals surface area contributed by atoms with Gasteiger partial charge in [-0.1, -0.05) is 13.8 Å². The standard InChI is InChI=1S/C12H23N5/c1-9(2)10-11(13-3)15-8-16-12(10)14-6-7-17(4)5/h8-9H,6-7H2,1-5H3,(H2,13,14,15,16). The lowest BCUT2D eigenvalue weighted by Gasteiger charge is -2.17. The zero-order valence-electron chi connectivity index (χ0n) is 11.4. The van der Waals surface area contributed by atoms with Crippen LogP contribution in [0.5, 0.6) is 0 Å². The van der Waals surface area contributed by atoms with Crippen LogP contribution in [0.3, 0.4) is 0 Å². The number of aromatic nitrogens is 2. The van der Waals surface area contributed by atoms with Crippen molar-refractivity contribution in [1.82, 2.24) is 14.9 Å². The summed E-state index contributed by atoms with van der Waals surface area (Å²) < 4.78 is 0. The Bertz CT molecular complexity index is 349. The van der Waals surface area contributed by atoms with Crippen LogP contribution in [-0.2, 0) is 0 Å². The third kappa shape index (κ3) is 3.85. The van der Waals surface area contributed by atoms with E-state index in [1.807, 2.05) is 7.05 Å². The summed E-state index contributed by atoms with van der Waals surface area (Å²) >= 11 is 0. The van der Waals surface area contributed by atoms with E-state index in [4.69, 9.17) is 0 Å². The van der Waals surface area contributed by atoms with Gasteiger partial charge < -0.3 is 15.5 Å². The van der Waals surface area contributed by atoms with E-state index in [-0.39, 0.29) is 0 Å². The molecule has 1 heterocycles. The maximum absolute atomic E-state index is 4.32. The zero-order valence-corrected chi connectivity index (χ0v) is 11.4. The Labute approximate surface area is 104 Å². The molecule has 0 radical (unpaired) electrons. The van der Waals surface area contributed by atoms with Crippen molar-refractivity contribution >= 4 is 11.6 Å². The maximum atomic E-state index is 4.32. The average molecular weight is 237 g/mol. The summed E-state index contributed by atoms with van der Waals surface area (Å²) in [7, 11) is 6.01. The third-order valence-electron chi connectivity index (χ3n) is 2.55. The van der Waals surface area contributed by atoms with E-state index in [9.17, 15) is 0 Å². The normalized spacial score (nSPS) is 11.0. The van der Waals surface area contributed by atoms with Crippen molar-refractivity contribution in [3.8, 4) is 0 Å². The fourth-order valence-electron chi connectivity index (χ4n) is 1.68. The molecule has 1 aromatic rings. The van der Waals surface area contributed by atoms with Crippen molar-refractivity contribution in [3.63, 3.8) is 0 Å². The van der Waals surface area contributed by atoms with E-state index in [0.717, 1.165) is 30.3 Å². The van der Waals surface area contributed by atoms with Gasteiger partial charge in [-0.3, -0.25) is 0 Å². The Hall–Kier alpha value is -1.36. The van der Waals surface area contributed by atoms with Gasteiger partial charge in [0, 0.05) is 25.7 Å². The lowest BCUT2D eigenvalue weighted by Crippen LogP contribution is -2.22. The van der Waals surface area contributed by atoms with Crippen molar-refractivity contribution < 1.29 is 0 Å². The molecule has 2 N–H and O–H groups in total. The Balaban J connectivity index is 2.83. The van der Waals surface area contributed by atoms with Gasteiger partial charge in [0.25, 0.3) is 0 Å². The molecular formula is C12H23N5. The summed E-state index contributed by atoms with van der Waals surface area (Å²) in [6.45, 7) is 6.16. The van der Waals surface area contributed by atoms with Gasteiger partial charge in [0.2, 0.25) is 0 Å². The molecule has 5 heteroatoms. The monoisotopic (exact) mass is 237 g/mol. The Morgan fingerprint density at radius 3 is 2.41 bits per heavy atom. The summed E-state index contributed by atoms with van der Waals surface area (Å²) in [4.78, 5) is 10.7. The van der Waals surface area contributed by atoms with Crippen LogP contribution >= 0.6 is 0 Å². The molecule has 5 nitrogen and oxygen atoms in total. The highest BCUT2D eigenvalue weighted by Gasteiger charge is 2.13. The van der Waals surface area contributed by atoms with E-state index >= 15 is 0 Å². The minimum absolute atomic E-state index is 0.389. The van der Waals surface area contributed by atoms with E-state index in [0.29, 0.717) is 5.92 Å². The molecule has 0 aromatic carbocycles. The molecular weight excluding hydrogens is 214 g/mol. The number of nitrogens with one attached hydrogen (secondary N) is 2. The number of hydrogen-bond acceptors (Lipinski definition) is 5. The Morgan fingerprint density at radius 1 is 1.24 bits per heavy atom. The molecule has 0 fully saturated rings. The molecule has 1 rings (SSSR count). The number of rotatable bonds is 6. The fraction of sp³-hybridized carbons (Fsp3) is 0.667. The van der Waals surface area contributed by atoms with E-state index in [2.05, 4.69) is 53.4 Å². The van der Waals surface area contributed by atoms with Crippen molar-refractivity contribution in [2.24, 2.45) is 0 Å². The molecule has 1 aromatic heterocycles. The van der Waals surface area contributed by atoms with Gasteiger partial charge >= 0.3 is 0 Å². The van der Waals surface area contributed by atoms with Crippen LogP contribution in [0.4, 0.5) is 11.6 Å². The topological polar surface area (TPSA) is 53.1 Å². The number of likely N-dealkylation sites (N-methyl/N-ethyl adjacent to an activating group) is 1. The van der Waals surface area contributed by atoms with E-state index in [1.165, 1.54) is 0 Å². The van der Waals surface area contributed by atoms with Crippen molar-refractivity contribution in [2.45, 2.75) is 19.8 Å². The fourth-order valence-corrected chi connectivity index (χ4v) is 1.68. The minimum atomic E-state index is 0.389. The first kappa shape index (κ1) is 13.7. The van der Waals surface area contributed by atoms with Crippen LogP contribution in [0.15, 0.2) is 6.33 Å². The molecule has 0 aliphatic heterocycles. The van der Waals surface area contributed by atoms with Crippen LogP contribution in [0, 0.1) is 0 Å². The SMILES string of the molecule is CNc1ncnc(NCCN(C)C)c1C(C)C. The summed E-state index contributed by atoms with van der Waals surface area (Å²) in [5.74, 6) is 2.23. The quantitative estimate of drug-likeness (QED) is 0.787. The number of hydrogen-bond donors (Lipinski definition) is 2. The van der Waals surface area contributed by atoms with Crippen molar-refractivity contribution in [3.05, 3.63) is 11.9 Å². The van der Waals surface area contributed by atoms with Gasteiger partial charge in [0.1, 0.15) is 18.0 Å². The van der Waals surface area contributed by atoms with Crippen LogP contribution in [0.1, 0.15) is 25.3 Å². The molecule has 17 heavy (non-hydrogen) atoms. The van der Waals surface area contributed by atoms with Gasteiger partial charge in [0.05, 0.1) is 0 Å². The third-order valence-corrected chi connectivity index (χ3v) is 2.55. The van der Waals surface area contributed by atoms with Gasteiger partial charge in [-0.15, -0.1) is 0 Å². The second-order valence-electron chi connectivity index (χ2n) is 4.62. The van der Waals surface area contributed by atoms with Crippen molar-refractivity contribution in [2.75, 3.05) is 44.9 Å². The second-order valence-corrected chi connectivity index (χ2v) is 4.62. The molecule has 0 saturated heterocycles. The molecule has 0 atom stereocenters. The summed E-state index contributed by atoms with van der Waals surface area (Å²) in [5.41, 5.74) is 1.15. The number of anilines is 2. The molecule has 0 saturated carbocycles. The molecule has 0 aliphatic rings. The van der Waals surface area contributed by atoms with Gasteiger partial charge in [-0.05, 0) is 20.0 Å². The first-order chi connectivity index (χ1) is 8.06. The number of nitrogens with zero attached hydrogens (tertiary/aromatic N) is 3. The second kappa shape index (κ2) is 6.39. The van der Waals surface area contributed by atoms with Gasteiger partial charge in [0.15, 0.2) is 0 Å². The minimum Gasteiger partial charge on any atom is -0.373 e. The molecule has 0 unspecified atom stereocenters. The summed E-state index contributed by atoms with van der Waals surface area (Å²) in [6, 6.07) is 0.